The quantitative estimate of drug-likeness (QED) is 0.567. The summed E-state index contributed by atoms with van der Waals surface area (Å²) in [5.41, 5.74) is 0. The Morgan fingerprint density at radius 1 is 1.11 bits per heavy atom. The maximum atomic E-state index is 11.9. The molecule has 2 rings (SSSR count). The van der Waals surface area contributed by atoms with Crippen LogP contribution in [0.5, 0.6) is 0 Å². The van der Waals surface area contributed by atoms with Crippen LogP contribution in [0.15, 0.2) is 0 Å². The lowest BCUT2D eigenvalue weighted by molar-refractivity contribution is -0.209. The Bertz CT molecular complexity index is 303. The van der Waals surface area contributed by atoms with Crippen molar-refractivity contribution in [1.82, 2.24) is 0 Å². The summed E-state index contributed by atoms with van der Waals surface area (Å²) in [6.07, 6.45) is 4.36. The Kier molecular flexibility index (Phi) is 4.58. The van der Waals surface area contributed by atoms with Crippen molar-refractivity contribution in [2.24, 2.45) is 5.92 Å². The van der Waals surface area contributed by atoms with Crippen LogP contribution in [0.1, 0.15) is 45.4 Å². The Morgan fingerprint density at radius 2 is 1.83 bits per heavy atom. The largest absolute Gasteiger partial charge is 0.422 e. The van der Waals surface area contributed by atoms with Crippen LogP contribution >= 0.6 is 0 Å². The monoisotopic (exact) mass is 256 g/mol. The second kappa shape index (κ2) is 6.18. The van der Waals surface area contributed by atoms with Crippen molar-refractivity contribution in [2.45, 2.75) is 57.8 Å². The molecule has 1 saturated carbocycles. The summed E-state index contributed by atoms with van der Waals surface area (Å²) in [5.74, 6) is -0.742. The minimum absolute atomic E-state index is 0.0375. The number of ether oxygens (including phenoxy) is 3. The van der Waals surface area contributed by atoms with Crippen LogP contribution in [0.4, 0.5) is 0 Å². The van der Waals surface area contributed by atoms with Gasteiger partial charge in [-0.1, -0.05) is 12.8 Å². The van der Waals surface area contributed by atoms with Crippen LogP contribution in [0, 0.1) is 5.92 Å². The number of carbonyl (C=O) groups is 2. The molecule has 0 bridgehead atoms. The lowest BCUT2D eigenvalue weighted by atomic mass is 10.1. The van der Waals surface area contributed by atoms with Crippen LogP contribution < -0.4 is 0 Å². The van der Waals surface area contributed by atoms with Gasteiger partial charge in [-0.15, -0.1) is 0 Å². The number of hydrogen-bond donors (Lipinski definition) is 0. The second-order valence-corrected chi connectivity index (χ2v) is 4.95. The highest BCUT2D eigenvalue weighted by Crippen LogP contribution is 2.27. The SMILES string of the molecule is CC(=O)OC(OC(=O)C1CCCC1)C1CCCO1. The minimum Gasteiger partial charge on any atom is -0.422 e. The van der Waals surface area contributed by atoms with E-state index in [1.54, 1.807) is 0 Å². The van der Waals surface area contributed by atoms with Gasteiger partial charge >= 0.3 is 11.9 Å². The molecule has 1 aliphatic heterocycles. The summed E-state index contributed by atoms with van der Waals surface area (Å²) >= 11 is 0. The fourth-order valence-corrected chi connectivity index (χ4v) is 2.53. The molecule has 2 aliphatic rings. The van der Waals surface area contributed by atoms with Gasteiger partial charge in [0.25, 0.3) is 6.29 Å². The molecule has 102 valence electrons. The average Bonchev–Trinajstić information content (AvgIpc) is 3.01. The molecule has 0 aromatic carbocycles. The molecule has 0 aromatic heterocycles. The minimum atomic E-state index is -0.877. The average molecular weight is 256 g/mol. The molecule has 1 heterocycles. The third-order valence-electron chi connectivity index (χ3n) is 3.47. The fourth-order valence-electron chi connectivity index (χ4n) is 2.53. The number of rotatable bonds is 4. The van der Waals surface area contributed by atoms with E-state index in [2.05, 4.69) is 0 Å². The smallest absolute Gasteiger partial charge is 0.312 e. The van der Waals surface area contributed by atoms with Crippen molar-refractivity contribution >= 4 is 11.9 Å². The van der Waals surface area contributed by atoms with Gasteiger partial charge in [0.05, 0.1) is 5.92 Å². The van der Waals surface area contributed by atoms with Crippen molar-refractivity contribution in [1.29, 1.82) is 0 Å². The zero-order valence-corrected chi connectivity index (χ0v) is 10.7. The van der Waals surface area contributed by atoms with Gasteiger partial charge in [0.15, 0.2) is 0 Å². The van der Waals surface area contributed by atoms with E-state index in [1.165, 1.54) is 6.92 Å². The molecular weight excluding hydrogens is 236 g/mol. The van der Waals surface area contributed by atoms with E-state index in [0.717, 1.165) is 38.5 Å². The van der Waals surface area contributed by atoms with Crippen LogP contribution in [0.2, 0.25) is 0 Å². The van der Waals surface area contributed by atoms with Crippen molar-refractivity contribution in [2.75, 3.05) is 6.61 Å². The first-order valence-corrected chi connectivity index (χ1v) is 6.66. The van der Waals surface area contributed by atoms with E-state index in [-0.39, 0.29) is 18.0 Å². The predicted octanol–water partition coefficient (Wildman–Crippen LogP) is 1.79. The van der Waals surface area contributed by atoms with Crippen LogP contribution in [-0.4, -0.2) is 30.9 Å². The van der Waals surface area contributed by atoms with Crippen molar-refractivity contribution in [3.63, 3.8) is 0 Å². The highest BCUT2D eigenvalue weighted by molar-refractivity contribution is 5.73. The molecule has 0 aromatic rings. The molecule has 0 amide bonds. The van der Waals surface area contributed by atoms with E-state index in [0.29, 0.717) is 6.61 Å². The molecular formula is C13H20O5. The van der Waals surface area contributed by atoms with E-state index < -0.39 is 12.3 Å². The molecule has 18 heavy (non-hydrogen) atoms. The summed E-state index contributed by atoms with van der Waals surface area (Å²) in [4.78, 5) is 23.0. The summed E-state index contributed by atoms with van der Waals surface area (Å²) in [6.45, 7) is 1.94. The van der Waals surface area contributed by atoms with Gasteiger partial charge in [-0.25, -0.2) is 0 Å². The van der Waals surface area contributed by atoms with E-state index in [9.17, 15) is 9.59 Å². The Balaban J connectivity index is 1.90. The van der Waals surface area contributed by atoms with Crippen LogP contribution in [0.25, 0.3) is 0 Å². The van der Waals surface area contributed by atoms with Gasteiger partial charge in [-0.3, -0.25) is 9.59 Å². The Labute approximate surface area is 107 Å². The van der Waals surface area contributed by atoms with Gasteiger partial charge in [-0.2, -0.15) is 0 Å². The first-order chi connectivity index (χ1) is 8.66. The standard InChI is InChI=1S/C13H20O5/c1-9(14)17-13(11-7-4-8-16-11)18-12(15)10-5-2-3-6-10/h10-11,13H,2-8H2,1H3. The summed E-state index contributed by atoms with van der Waals surface area (Å²) < 4.78 is 15.8. The summed E-state index contributed by atoms with van der Waals surface area (Å²) in [6, 6.07) is 0. The topological polar surface area (TPSA) is 61.8 Å². The fraction of sp³-hybridized carbons (Fsp3) is 0.846. The van der Waals surface area contributed by atoms with Crippen molar-refractivity contribution in [3.05, 3.63) is 0 Å². The predicted molar refractivity (Wildman–Crippen MR) is 62.6 cm³/mol. The molecule has 2 unspecified atom stereocenters. The lowest BCUT2D eigenvalue weighted by Crippen LogP contribution is -2.36. The molecule has 0 radical (unpaired) electrons. The Morgan fingerprint density at radius 3 is 2.39 bits per heavy atom. The first-order valence-electron chi connectivity index (χ1n) is 6.66. The number of esters is 2. The van der Waals surface area contributed by atoms with Gasteiger partial charge in [-0.05, 0) is 25.7 Å². The van der Waals surface area contributed by atoms with Gasteiger partial charge in [0.2, 0.25) is 0 Å². The van der Waals surface area contributed by atoms with E-state index >= 15 is 0 Å². The zero-order chi connectivity index (χ0) is 13.0. The molecule has 5 nitrogen and oxygen atoms in total. The number of carbonyl (C=O) groups excluding carboxylic acids is 2. The molecule has 1 saturated heterocycles. The maximum Gasteiger partial charge on any atom is 0.312 e. The van der Waals surface area contributed by atoms with Crippen molar-refractivity contribution in [3.8, 4) is 0 Å². The third kappa shape index (κ3) is 3.45. The lowest BCUT2D eigenvalue weighted by Gasteiger charge is -2.23. The van der Waals surface area contributed by atoms with Gasteiger partial charge < -0.3 is 14.2 Å². The highest BCUT2D eigenvalue weighted by atomic mass is 16.7. The van der Waals surface area contributed by atoms with Crippen LogP contribution in [-0.2, 0) is 23.8 Å². The van der Waals surface area contributed by atoms with Gasteiger partial charge in [0.1, 0.15) is 6.10 Å². The normalized spacial score (nSPS) is 25.9. The molecule has 2 atom stereocenters. The molecule has 0 spiro atoms. The highest BCUT2D eigenvalue weighted by Gasteiger charge is 2.34. The van der Waals surface area contributed by atoms with E-state index in [4.69, 9.17) is 14.2 Å². The molecule has 2 fully saturated rings. The van der Waals surface area contributed by atoms with Crippen LogP contribution in [0.3, 0.4) is 0 Å². The summed E-state index contributed by atoms with van der Waals surface area (Å²) in [7, 11) is 0. The zero-order valence-electron chi connectivity index (χ0n) is 10.7. The summed E-state index contributed by atoms with van der Waals surface area (Å²) in [5, 5.41) is 0. The maximum absolute atomic E-state index is 11.9. The molecule has 5 heteroatoms. The Hall–Kier alpha value is -1.10. The molecule has 0 N–H and O–H groups in total. The molecule has 1 aliphatic carbocycles. The first kappa shape index (κ1) is 13.3. The van der Waals surface area contributed by atoms with Gasteiger partial charge in [0, 0.05) is 13.5 Å². The number of hydrogen-bond acceptors (Lipinski definition) is 5. The third-order valence-corrected chi connectivity index (χ3v) is 3.47. The second-order valence-electron chi connectivity index (χ2n) is 4.95. The van der Waals surface area contributed by atoms with Crippen molar-refractivity contribution < 1.29 is 23.8 Å². The van der Waals surface area contributed by atoms with E-state index in [1.807, 2.05) is 0 Å².